The number of carbonyl (C=O) groups excluding carboxylic acids is 3. The Morgan fingerprint density at radius 1 is 0.730 bits per heavy atom. The molecule has 1 atom stereocenters. The number of rotatable bonds is 9. The summed E-state index contributed by atoms with van der Waals surface area (Å²) in [5.41, 5.74) is -2.24. The first-order chi connectivity index (χ1) is 17.6. The Hall–Kier alpha value is -4.17. The molecular weight excluding hydrogens is 474 g/mol. The molecule has 0 aromatic heterocycles. The lowest BCUT2D eigenvalue weighted by Crippen LogP contribution is -2.58. The minimum Gasteiger partial charge on any atom is -0.458 e. The number of alkyl carbamates (subject to hydrolysis) is 1. The number of benzene rings is 3. The lowest BCUT2D eigenvalue weighted by molar-refractivity contribution is -0.189. The van der Waals surface area contributed by atoms with Gasteiger partial charge in [0, 0.05) is 0 Å². The minimum absolute atomic E-state index is 0.206. The highest BCUT2D eigenvalue weighted by Gasteiger charge is 2.56. The zero-order valence-corrected chi connectivity index (χ0v) is 21.0. The van der Waals surface area contributed by atoms with E-state index in [1.54, 1.807) is 112 Å². The summed E-state index contributed by atoms with van der Waals surface area (Å²) in [6.45, 7) is 4.58. The van der Waals surface area contributed by atoms with Crippen molar-refractivity contribution in [2.24, 2.45) is 0 Å². The third kappa shape index (κ3) is 7.65. The number of hydrogen-bond donors (Lipinski definition) is 2. The highest BCUT2D eigenvalue weighted by molar-refractivity contribution is 6.05. The maximum absolute atomic E-state index is 13.4. The second-order valence-corrected chi connectivity index (χ2v) is 9.38. The van der Waals surface area contributed by atoms with Gasteiger partial charge in [0.15, 0.2) is 0 Å². The summed E-state index contributed by atoms with van der Waals surface area (Å²) < 4.78 is 16.1. The van der Waals surface area contributed by atoms with E-state index < -0.39 is 35.3 Å². The van der Waals surface area contributed by atoms with Gasteiger partial charge in [-0.3, -0.25) is 0 Å². The quantitative estimate of drug-likeness (QED) is 0.251. The van der Waals surface area contributed by atoms with Gasteiger partial charge in [-0.15, -0.1) is 0 Å². The van der Waals surface area contributed by atoms with E-state index in [-0.39, 0.29) is 18.8 Å². The fraction of sp³-hybridized carbons (Fsp3) is 0.276. The van der Waals surface area contributed by atoms with Crippen LogP contribution in [-0.2, 0) is 37.0 Å². The number of ether oxygens (including phenoxy) is 3. The van der Waals surface area contributed by atoms with Crippen molar-refractivity contribution in [1.29, 1.82) is 0 Å². The summed E-state index contributed by atoms with van der Waals surface area (Å²) in [5.74, 6) is -2.56. The largest absolute Gasteiger partial charge is 0.458 e. The van der Waals surface area contributed by atoms with Crippen molar-refractivity contribution in [1.82, 2.24) is 5.32 Å². The van der Waals surface area contributed by atoms with E-state index in [1.807, 2.05) is 0 Å². The van der Waals surface area contributed by atoms with Crippen molar-refractivity contribution < 1.29 is 33.7 Å². The summed E-state index contributed by atoms with van der Waals surface area (Å²) >= 11 is 0. The first kappa shape index (κ1) is 27.4. The molecule has 0 aliphatic rings. The fourth-order valence-electron chi connectivity index (χ4n) is 3.49. The molecular formula is C29H31NO7. The SMILES string of the molecule is CC(C)(C)OC(=O)N[C@@H](c1ccccc1)C(O)(C(=O)OCc1ccccc1)C(=O)OCc1ccccc1. The molecule has 3 rings (SSSR count). The van der Waals surface area contributed by atoms with Crippen LogP contribution in [0.1, 0.15) is 43.5 Å². The number of hydrogen-bond acceptors (Lipinski definition) is 7. The summed E-state index contributed by atoms with van der Waals surface area (Å²) in [6.07, 6.45) is -0.938. The lowest BCUT2D eigenvalue weighted by Gasteiger charge is -2.33. The Kier molecular flexibility index (Phi) is 9.03. The van der Waals surface area contributed by atoms with Crippen LogP contribution in [0.4, 0.5) is 4.79 Å². The highest BCUT2D eigenvalue weighted by Crippen LogP contribution is 2.30. The number of amides is 1. The minimum atomic E-state index is -2.93. The standard InChI is InChI=1S/C29H31NO7/c1-28(2,3)37-27(33)30-24(23-17-11-6-12-18-23)29(34,25(31)35-19-21-13-7-4-8-14-21)26(32)36-20-22-15-9-5-10-16-22/h4-18,24,34H,19-20H2,1-3H3,(H,30,33)/t24-/m0/s1. The van der Waals surface area contributed by atoms with Gasteiger partial charge in [0.25, 0.3) is 5.60 Å². The average molecular weight is 506 g/mol. The zero-order chi connectivity index (χ0) is 26.9. The molecule has 0 fully saturated rings. The zero-order valence-electron chi connectivity index (χ0n) is 21.0. The Morgan fingerprint density at radius 3 is 1.54 bits per heavy atom. The number of nitrogens with one attached hydrogen (secondary N) is 1. The Morgan fingerprint density at radius 2 is 1.14 bits per heavy atom. The second kappa shape index (κ2) is 12.2. The van der Waals surface area contributed by atoms with Gasteiger partial charge in [0.05, 0.1) is 0 Å². The Bertz CT molecular complexity index is 1120. The van der Waals surface area contributed by atoms with Gasteiger partial charge in [0.1, 0.15) is 24.9 Å². The molecule has 0 saturated heterocycles. The normalized spacial score (nSPS) is 12.2. The van der Waals surface area contributed by atoms with Crippen molar-refractivity contribution in [3.05, 3.63) is 108 Å². The van der Waals surface area contributed by atoms with Crippen LogP contribution in [0.3, 0.4) is 0 Å². The second-order valence-electron chi connectivity index (χ2n) is 9.38. The molecule has 0 saturated carbocycles. The molecule has 194 valence electrons. The molecule has 2 N–H and O–H groups in total. The maximum atomic E-state index is 13.4. The van der Waals surface area contributed by atoms with Gasteiger partial charge in [-0.25, -0.2) is 14.4 Å². The third-order valence-corrected chi connectivity index (χ3v) is 5.26. The van der Waals surface area contributed by atoms with E-state index >= 15 is 0 Å². The van der Waals surface area contributed by atoms with Crippen molar-refractivity contribution in [3.63, 3.8) is 0 Å². The van der Waals surface area contributed by atoms with Crippen LogP contribution in [0.5, 0.6) is 0 Å². The summed E-state index contributed by atoms with van der Waals surface area (Å²) in [7, 11) is 0. The lowest BCUT2D eigenvalue weighted by atomic mass is 9.88. The van der Waals surface area contributed by atoms with Crippen molar-refractivity contribution >= 4 is 18.0 Å². The smallest absolute Gasteiger partial charge is 0.408 e. The fourth-order valence-corrected chi connectivity index (χ4v) is 3.49. The maximum Gasteiger partial charge on any atom is 0.408 e. The first-order valence-electron chi connectivity index (χ1n) is 11.8. The predicted octanol–water partition coefficient (Wildman–Crippen LogP) is 4.47. The molecule has 0 bridgehead atoms. The highest BCUT2D eigenvalue weighted by atomic mass is 16.6. The van der Waals surface area contributed by atoms with Crippen LogP contribution in [0.2, 0.25) is 0 Å². The van der Waals surface area contributed by atoms with E-state index in [1.165, 1.54) is 0 Å². The van der Waals surface area contributed by atoms with Crippen LogP contribution in [-0.4, -0.2) is 34.3 Å². The molecule has 0 aliphatic heterocycles. The van der Waals surface area contributed by atoms with Gasteiger partial charge >= 0.3 is 18.0 Å². The molecule has 0 unspecified atom stereocenters. The Balaban J connectivity index is 1.96. The molecule has 0 aliphatic carbocycles. The van der Waals surface area contributed by atoms with E-state index in [0.717, 1.165) is 0 Å². The molecule has 0 spiro atoms. The van der Waals surface area contributed by atoms with Crippen LogP contribution >= 0.6 is 0 Å². The molecule has 0 radical (unpaired) electrons. The molecule has 37 heavy (non-hydrogen) atoms. The molecule has 8 heteroatoms. The van der Waals surface area contributed by atoms with Crippen molar-refractivity contribution in [2.75, 3.05) is 0 Å². The van der Waals surface area contributed by atoms with Gasteiger partial charge in [-0.1, -0.05) is 91.0 Å². The molecule has 1 amide bonds. The van der Waals surface area contributed by atoms with Crippen LogP contribution in [0, 0.1) is 0 Å². The molecule has 3 aromatic rings. The van der Waals surface area contributed by atoms with E-state index in [9.17, 15) is 19.5 Å². The van der Waals surface area contributed by atoms with E-state index in [4.69, 9.17) is 14.2 Å². The van der Waals surface area contributed by atoms with Crippen molar-refractivity contribution in [3.8, 4) is 0 Å². The number of esters is 2. The van der Waals surface area contributed by atoms with Gasteiger partial charge in [-0.05, 0) is 37.5 Å². The first-order valence-corrected chi connectivity index (χ1v) is 11.8. The molecule has 3 aromatic carbocycles. The van der Waals surface area contributed by atoms with Gasteiger partial charge < -0.3 is 24.6 Å². The molecule has 0 heterocycles. The number of aliphatic hydroxyl groups is 1. The number of carbonyl (C=O) groups is 3. The topological polar surface area (TPSA) is 111 Å². The van der Waals surface area contributed by atoms with Crippen LogP contribution < -0.4 is 5.32 Å². The van der Waals surface area contributed by atoms with E-state index in [2.05, 4.69) is 5.32 Å². The monoisotopic (exact) mass is 505 g/mol. The Labute approximate surface area is 216 Å². The molecule has 8 nitrogen and oxygen atoms in total. The summed E-state index contributed by atoms with van der Waals surface area (Å²) in [4.78, 5) is 39.6. The van der Waals surface area contributed by atoms with Crippen LogP contribution in [0.25, 0.3) is 0 Å². The van der Waals surface area contributed by atoms with Crippen molar-refractivity contribution in [2.45, 2.75) is 51.2 Å². The van der Waals surface area contributed by atoms with Gasteiger partial charge in [0.2, 0.25) is 0 Å². The summed E-state index contributed by atoms with van der Waals surface area (Å²) in [5, 5.41) is 14.2. The summed E-state index contributed by atoms with van der Waals surface area (Å²) in [6, 6.07) is 24.1. The van der Waals surface area contributed by atoms with Gasteiger partial charge in [-0.2, -0.15) is 0 Å². The third-order valence-electron chi connectivity index (χ3n) is 5.26. The predicted molar refractivity (Wildman–Crippen MR) is 136 cm³/mol. The van der Waals surface area contributed by atoms with E-state index in [0.29, 0.717) is 11.1 Å². The average Bonchev–Trinajstić information content (AvgIpc) is 2.89. The van der Waals surface area contributed by atoms with Crippen LogP contribution in [0.15, 0.2) is 91.0 Å².